The molecular weight excluding hydrogens is 385 g/mol. The van der Waals surface area contributed by atoms with Crippen LogP contribution < -0.4 is 5.32 Å². The fourth-order valence-corrected chi connectivity index (χ4v) is 3.49. The van der Waals surface area contributed by atoms with Crippen LogP contribution >= 0.6 is 22.9 Å². The molecule has 0 bridgehead atoms. The Labute approximate surface area is 163 Å². The van der Waals surface area contributed by atoms with Crippen molar-refractivity contribution in [3.8, 4) is 16.3 Å². The number of benzene rings is 2. The first-order valence-electron chi connectivity index (χ1n) is 8.07. The first-order valence-corrected chi connectivity index (χ1v) is 9.33. The number of thiophene rings is 1. The summed E-state index contributed by atoms with van der Waals surface area (Å²) in [7, 11) is 0. The van der Waals surface area contributed by atoms with Gasteiger partial charge < -0.3 is 5.32 Å². The van der Waals surface area contributed by atoms with E-state index in [4.69, 9.17) is 11.6 Å². The third kappa shape index (κ3) is 3.77. The van der Waals surface area contributed by atoms with E-state index in [0.29, 0.717) is 27.8 Å². The molecule has 0 aliphatic heterocycles. The van der Waals surface area contributed by atoms with Crippen LogP contribution in [0.3, 0.4) is 0 Å². The first-order chi connectivity index (χ1) is 13.1. The molecule has 0 saturated carbocycles. The Morgan fingerprint density at radius 3 is 2.59 bits per heavy atom. The number of hydrogen-bond acceptors (Lipinski definition) is 3. The van der Waals surface area contributed by atoms with E-state index in [2.05, 4.69) is 10.4 Å². The van der Waals surface area contributed by atoms with Crippen molar-refractivity contribution in [2.75, 3.05) is 5.32 Å². The third-order valence-corrected chi connectivity index (χ3v) is 5.00. The molecule has 2 heterocycles. The van der Waals surface area contributed by atoms with Gasteiger partial charge in [-0.3, -0.25) is 4.79 Å². The Balaban J connectivity index is 1.75. The Bertz CT molecular complexity index is 1090. The molecule has 7 heteroatoms. The molecule has 134 valence electrons. The number of amides is 1. The highest BCUT2D eigenvalue weighted by Crippen LogP contribution is 2.27. The lowest BCUT2D eigenvalue weighted by atomic mass is 10.2. The average Bonchev–Trinajstić information content (AvgIpc) is 3.33. The van der Waals surface area contributed by atoms with Crippen LogP contribution in [0.15, 0.2) is 72.1 Å². The van der Waals surface area contributed by atoms with E-state index >= 15 is 0 Å². The molecule has 0 saturated heterocycles. The molecule has 0 radical (unpaired) electrons. The number of aromatic nitrogens is 2. The Morgan fingerprint density at radius 2 is 1.89 bits per heavy atom. The number of nitrogens with zero attached hydrogens (tertiary/aromatic N) is 2. The monoisotopic (exact) mass is 397 g/mol. The average molecular weight is 398 g/mol. The Morgan fingerprint density at radius 1 is 1.07 bits per heavy atom. The van der Waals surface area contributed by atoms with Crippen molar-refractivity contribution < 1.29 is 9.18 Å². The Kier molecular flexibility index (Phi) is 4.75. The van der Waals surface area contributed by atoms with Gasteiger partial charge in [-0.2, -0.15) is 5.10 Å². The number of rotatable bonds is 4. The largest absolute Gasteiger partial charge is 0.321 e. The fraction of sp³-hybridized carbons (Fsp3) is 0. The van der Waals surface area contributed by atoms with Gasteiger partial charge in [-0.1, -0.05) is 23.7 Å². The lowest BCUT2D eigenvalue weighted by Gasteiger charge is -2.08. The zero-order chi connectivity index (χ0) is 18.8. The maximum Gasteiger partial charge on any atom is 0.274 e. The zero-order valence-corrected chi connectivity index (χ0v) is 15.5. The van der Waals surface area contributed by atoms with Crippen LogP contribution in [0.5, 0.6) is 0 Å². The molecule has 2 aromatic carbocycles. The number of halogens is 2. The SMILES string of the molecule is O=C(Nc1ccc(F)cc1)c1cc(-c2cccs2)nn1-c1cccc(Cl)c1. The molecule has 4 rings (SSSR count). The van der Waals surface area contributed by atoms with Gasteiger partial charge in [0, 0.05) is 10.7 Å². The molecule has 4 nitrogen and oxygen atoms in total. The quantitative estimate of drug-likeness (QED) is 0.484. The number of carbonyl (C=O) groups excluding carboxylic acids is 1. The highest BCUT2D eigenvalue weighted by molar-refractivity contribution is 7.13. The van der Waals surface area contributed by atoms with Gasteiger partial charge in [0.25, 0.3) is 5.91 Å². The summed E-state index contributed by atoms with van der Waals surface area (Å²) in [6.07, 6.45) is 0. The molecule has 0 aliphatic carbocycles. The van der Waals surface area contributed by atoms with Gasteiger partial charge in [0.15, 0.2) is 0 Å². The van der Waals surface area contributed by atoms with E-state index in [1.54, 1.807) is 28.9 Å². The van der Waals surface area contributed by atoms with Gasteiger partial charge in [0.1, 0.15) is 17.2 Å². The van der Waals surface area contributed by atoms with Gasteiger partial charge in [0.05, 0.1) is 10.6 Å². The maximum absolute atomic E-state index is 13.1. The molecule has 1 N–H and O–H groups in total. The summed E-state index contributed by atoms with van der Waals surface area (Å²) in [6, 6.07) is 18.3. The van der Waals surface area contributed by atoms with Gasteiger partial charge in [-0.15, -0.1) is 11.3 Å². The summed E-state index contributed by atoms with van der Waals surface area (Å²) in [4.78, 5) is 13.8. The second-order valence-electron chi connectivity index (χ2n) is 5.74. The van der Waals surface area contributed by atoms with E-state index in [0.717, 1.165) is 4.88 Å². The van der Waals surface area contributed by atoms with Crippen LogP contribution in [0.25, 0.3) is 16.3 Å². The summed E-state index contributed by atoms with van der Waals surface area (Å²) in [5.41, 5.74) is 2.21. The molecule has 2 aromatic heterocycles. The van der Waals surface area contributed by atoms with Crippen molar-refractivity contribution in [3.63, 3.8) is 0 Å². The highest BCUT2D eigenvalue weighted by atomic mass is 35.5. The van der Waals surface area contributed by atoms with Crippen LogP contribution in [-0.4, -0.2) is 15.7 Å². The zero-order valence-electron chi connectivity index (χ0n) is 13.9. The van der Waals surface area contributed by atoms with Gasteiger partial charge in [-0.05, 0) is 60.0 Å². The van der Waals surface area contributed by atoms with E-state index in [-0.39, 0.29) is 11.7 Å². The van der Waals surface area contributed by atoms with Crippen LogP contribution in [0.1, 0.15) is 10.5 Å². The highest BCUT2D eigenvalue weighted by Gasteiger charge is 2.18. The molecule has 0 spiro atoms. The minimum absolute atomic E-state index is 0.350. The third-order valence-electron chi connectivity index (χ3n) is 3.87. The summed E-state index contributed by atoms with van der Waals surface area (Å²) < 4.78 is 14.6. The van der Waals surface area contributed by atoms with Crippen LogP contribution in [0, 0.1) is 5.82 Å². The number of carbonyl (C=O) groups is 1. The second-order valence-corrected chi connectivity index (χ2v) is 7.13. The minimum Gasteiger partial charge on any atom is -0.321 e. The first kappa shape index (κ1) is 17.5. The molecular formula is C20H13ClFN3OS. The van der Waals surface area contributed by atoms with E-state index < -0.39 is 0 Å². The Hall–Kier alpha value is -2.96. The van der Waals surface area contributed by atoms with Gasteiger partial charge >= 0.3 is 0 Å². The predicted octanol–water partition coefficient (Wildman–Crippen LogP) is 5.65. The van der Waals surface area contributed by atoms with Crippen molar-refractivity contribution in [3.05, 3.63) is 88.6 Å². The predicted molar refractivity (Wildman–Crippen MR) is 106 cm³/mol. The van der Waals surface area contributed by atoms with E-state index in [9.17, 15) is 9.18 Å². The lowest BCUT2D eigenvalue weighted by molar-refractivity contribution is 0.101. The van der Waals surface area contributed by atoms with E-state index in [1.165, 1.54) is 35.6 Å². The molecule has 27 heavy (non-hydrogen) atoms. The van der Waals surface area contributed by atoms with Crippen molar-refractivity contribution in [1.29, 1.82) is 0 Å². The van der Waals surface area contributed by atoms with Gasteiger partial charge in [0.2, 0.25) is 0 Å². The molecule has 4 aromatic rings. The second kappa shape index (κ2) is 7.34. The van der Waals surface area contributed by atoms with Crippen molar-refractivity contribution in [2.45, 2.75) is 0 Å². The molecule has 0 fully saturated rings. The molecule has 0 atom stereocenters. The number of hydrogen-bond donors (Lipinski definition) is 1. The normalized spacial score (nSPS) is 10.7. The summed E-state index contributed by atoms with van der Waals surface area (Å²) in [5.74, 6) is -0.714. The summed E-state index contributed by atoms with van der Waals surface area (Å²) >= 11 is 7.64. The lowest BCUT2D eigenvalue weighted by Crippen LogP contribution is -2.17. The van der Waals surface area contributed by atoms with Gasteiger partial charge in [-0.25, -0.2) is 9.07 Å². The molecule has 0 unspecified atom stereocenters. The van der Waals surface area contributed by atoms with Crippen molar-refractivity contribution in [1.82, 2.24) is 9.78 Å². The minimum atomic E-state index is -0.364. The van der Waals surface area contributed by atoms with Crippen molar-refractivity contribution in [2.24, 2.45) is 0 Å². The standard InChI is InChI=1S/C20H13ClFN3OS/c21-13-3-1-4-16(11-13)25-18(12-17(24-25)19-5-2-10-27-19)20(26)23-15-8-6-14(22)7-9-15/h1-12H,(H,23,26). The van der Waals surface area contributed by atoms with Crippen LogP contribution in [0.4, 0.5) is 10.1 Å². The summed E-state index contributed by atoms with van der Waals surface area (Å²) in [5, 5.41) is 9.86. The molecule has 1 amide bonds. The van der Waals surface area contributed by atoms with Crippen molar-refractivity contribution >= 4 is 34.5 Å². The fourth-order valence-electron chi connectivity index (χ4n) is 2.62. The maximum atomic E-state index is 13.1. The van der Waals surface area contributed by atoms with E-state index in [1.807, 2.05) is 23.6 Å². The van der Waals surface area contributed by atoms with Crippen LogP contribution in [-0.2, 0) is 0 Å². The molecule has 0 aliphatic rings. The summed E-state index contributed by atoms with van der Waals surface area (Å²) in [6.45, 7) is 0. The smallest absolute Gasteiger partial charge is 0.274 e. The number of anilines is 1. The van der Waals surface area contributed by atoms with Crippen LogP contribution in [0.2, 0.25) is 5.02 Å². The number of nitrogens with one attached hydrogen (secondary N) is 1. The topological polar surface area (TPSA) is 46.9 Å².